The summed E-state index contributed by atoms with van der Waals surface area (Å²) in [6.07, 6.45) is 4.42. The molecule has 1 aliphatic heterocycles. The van der Waals surface area contributed by atoms with Crippen LogP contribution in [0.25, 0.3) is 0 Å². The minimum absolute atomic E-state index is 0.0101. The van der Waals surface area contributed by atoms with E-state index in [-0.39, 0.29) is 42.4 Å². The van der Waals surface area contributed by atoms with Crippen molar-refractivity contribution in [1.29, 1.82) is 0 Å². The number of carbonyl (C=O) groups excluding carboxylic acids is 2. The van der Waals surface area contributed by atoms with Crippen molar-refractivity contribution in [3.8, 4) is 0 Å². The summed E-state index contributed by atoms with van der Waals surface area (Å²) in [6.45, 7) is 2.12. The maximum Gasteiger partial charge on any atom is 0.407 e. The van der Waals surface area contributed by atoms with Crippen molar-refractivity contribution in [3.05, 3.63) is 71.5 Å². The van der Waals surface area contributed by atoms with Crippen molar-refractivity contribution in [2.24, 2.45) is 5.92 Å². The van der Waals surface area contributed by atoms with Gasteiger partial charge in [0.1, 0.15) is 12.4 Å². The number of rotatable bonds is 7. The first-order valence-corrected chi connectivity index (χ1v) is 11.8. The number of nitrogens with zero attached hydrogens (tertiary/aromatic N) is 1. The van der Waals surface area contributed by atoms with Crippen molar-refractivity contribution in [1.82, 2.24) is 15.5 Å². The molecule has 0 bridgehead atoms. The van der Waals surface area contributed by atoms with Crippen LogP contribution in [0.4, 0.5) is 9.18 Å². The van der Waals surface area contributed by atoms with Crippen molar-refractivity contribution in [2.75, 3.05) is 19.6 Å². The molecule has 0 radical (unpaired) electrons. The molecule has 2 aromatic rings. The molecule has 7 heteroatoms. The van der Waals surface area contributed by atoms with Crippen LogP contribution >= 0.6 is 0 Å². The molecule has 3 atom stereocenters. The number of nitrogens with one attached hydrogen (secondary N) is 2. The molecule has 2 aromatic carbocycles. The van der Waals surface area contributed by atoms with Crippen LogP contribution in [0.1, 0.15) is 36.8 Å². The summed E-state index contributed by atoms with van der Waals surface area (Å²) < 4.78 is 18.6. The largest absolute Gasteiger partial charge is 0.445 e. The Morgan fingerprint density at radius 2 is 1.82 bits per heavy atom. The van der Waals surface area contributed by atoms with E-state index in [1.54, 1.807) is 12.1 Å². The fraction of sp³-hybridized carbons (Fsp3) is 0.462. The number of hydrogen-bond acceptors (Lipinski definition) is 4. The fourth-order valence-electron chi connectivity index (χ4n) is 4.92. The quantitative estimate of drug-likeness (QED) is 0.671. The number of carbonyl (C=O) groups is 2. The average Bonchev–Trinajstić information content (AvgIpc) is 2.81. The van der Waals surface area contributed by atoms with Gasteiger partial charge in [0.05, 0.1) is 6.54 Å². The Kier molecular flexibility index (Phi) is 7.94. The van der Waals surface area contributed by atoms with Crippen LogP contribution < -0.4 is 10.6 Å². The predicted molar refractivity (Wildman–Crippen MR) is 124 cm³/mol. The van der Waals surface area contributed by atoms with Gasteiger partial charge in [0.2, 0.25) is 5.91 Å². The van der Waals surface area contributed by atoms with Gasteiger partial charge in [-0.05, 0) is 48.4 Å². The van der Waals surface area contributed by atoms with Crippen LogP contribution in [0.3, 0.4) is 0 Å². The number of amides is 2. The first-order chi connectivity index (χ1) is 16.0. The Morgan fingerprint density at radius 3 is 2.61 bits per heavy atom. The van der Waals surface area contributed by atoms with Crippen molar-refractivity contribution < 1.29 is 18.7 Å². The molecular formula is C26H32FN3O3. The smallest absolute Gasteiger partial charge is 0.407 e. The molecule has 6 nitrogen and oxygen atoms in total. The minimum Gasteiger partial charge on any atom is -0.445 e. The molecule has 1 saturated carbocycles. The standard InChI is InChI=1S/C26H32FN3O3/c27-22-12-10-19(11-13-22)14-23-16-30(17-25(31)28-23)15-21-8-4-5-9-24(21)29-26(32)33-18-20-6-2-1-3-7-20/h1-3,6-7,10-13,21,23-24H,4-5,8-9,14-18H2,(H,28,31)(H,29,32)/t21-,23-,24+/m0/s1. The average molecular weight is 454 g/mol. The molecule has 176 valence electrons. The second-order valence-electron chi connectivity index (χ2n) is 9.15. The number of ether oxygens (including phenoxy) is 1. The maximum atomic E-state index is 13.2. The van der Waals surface area contributed by atoms with Crippen LogP contribution in [0, 0.1) is 11.7 Å². The van der Waals surface area contributed by atoms with E-state index in [0.717, 1.165) is 49.9 Å². The van der Waals surface area contributed by atoms with Gasteiger partial charge in [-0.15, -0.1) is 0 Å². The van der Waals surface area contributed by atoms with Crippen LogP contribution in [0.5, 0.6) is 0 Å². The molecule has 0 unspecified atom stereocenters. The highest BCUT2D eigenvalue weighted by atomic mass is 19.1. The topological polar surface area (TPSA) is 70.7 Å². The van der Waals surface area contributed by atoms with Crippen molar-refractivity contribution in [2.45, 2.75) is 50.8 Å². The first kappa shape index (κ1) is 23.2. The van der Waals surface area contributed by atoms with Crippen LogP contribution in [0.2, 0.25) is 0 Å². The SMILES string of the molecule is O=C1CN(C[C@@H]2CCCC[C@H]2NC(=O)OCc2ccccc2)C[C@H](Cc2ccc(F)cc2)N1. The fourth-order valence-corrected chi connectivity index (χ4v) is 4.92. The van der Waals surface area contributed by atoms with E-state index in [9.17, 15) is 14.0 Å². The molecule has 1 heterocycles. The zero-order valence-electron chi connectivity index (χ0n) is 18.8. The van der Waals surface area contributed by atoms with Crippen molar-refractivity contribution in [3.63, 3.8) is 0 Å². The van der Waals surface area contributed by atoms with Gasteiger partial charge in [-0.3, -0.25) is 9.69 Å². The van der Waals surface area contributed by atoms with Gasteiger partial charge in [-0.1, -0.05) is 55.3 Å². The molecule has 2 amide bonds. The molecule has 33 heavy (non-hydrogen) atoms. The third-order valence-corrected chi connectivity index (χ3v) is 6.52. The third kappa shape index (κ3) is 7.02. The normalized spacial score (nSPS) is 23.5. The number of alkyl carbamates (subject to hydrolysis) is 1. The monoisotopic (exact) mass is 453 g/mol. The number of benzene rings is 2. The zero-order valence-corrected chi connectivity index (χ0v) is 18.8. The minimum atomic E-state index is -0.388. The molecule has 2 fully saturated rings. The lowest BCUT2D eigenvalue weighted by Crippen LogP contribution is -2.57. The molecule has 2 N–H and O–H groups in total. The van der Waals surface area contributed by atoms with Crippen molar-refractivity contribution >= 4 is 12.0 Å². The number of piperazine rings is 1. The van der Waals surface area contributed by atoms with E-state index in [2.05, 4.69) is 15.5 Å². The van der Waals surface area contributed by atoms with Gasteiger partial charge in [0, 0.05) is 25.2 Å². The Labute approximate surface area is 194 Å². The summed E-state index contributed by atoms with van der Waals surface area (Å²) in [5.74, 6) is 0.0301. The molecule has 0 spiro atoms. The van der Waals surface area contributed by atoms with Gasteiger partial charge in [0.15, 0.2) is 0 Å². The molecule has 1 aliphatic carbocycles. The highest BCUT2D eigenvalue weighted by molar-refractivity contribution is 5.79. The molecule has 4 rings (SSSR count). The van der Waals surface area contributed by atoms with E-state index >= 15 is 0 Å². The summed E-state index contributed by atoms with van der Waals surface area (Å²) in [5, 5.41) is 6.13. The summed E-state index contributed by atoms with van der Waals surface area (Å²) in [6, 6.07) is 16.1. The van der Waals surface area contributed by atoms with Gasteiger partial charge >= 0.3 is 6.09 Å². The molecule has 1 saturated heterocycles. The first-order valence-electron chi connectivity index (χ1n) is 11.8. The lowest BCUT2D eigenvalue weighted by atomic mass is 9.84. The highest BCUT2D eigenvalue weighted by Gasteiger charge is 2.32. The van der Waals surface area contributed by atoms with E-state index in [1.165, 1.54) is 12.1 Å². The second-order valence-corrected chi connectivity index (χ2v) is 9.15. The van der Waals surface area contributed by atoms with E-state index in [1.807, 2.05) is 30.3 Å². The summed E-state index contributed by atoms with van der Waals surface area (Å²) in [7, 11) is 0. The van der Waals surface area contributed by atoms with Gasteiger partial charge in [0.25, 0.3) is 0 Å². The maximum absolute atomic E-state index is 13.2. The molecular weight excluding hydrogens is 421 g/mol. The Hall–Kier alpha value is -2.93. The lowest BCUT2D eigenvalue weighted by molar-refractivity contribution is -0.125. The van der Waals surface area contributed by atoms with E-state index < -0.39 is 0 Å². The lowest BCUT2D eigenvalue weighted by Gasteiger charge is -2.39. The highest BCUT2D eigenvalue weighted by Crippen LogP contribution is 2.26. The zero-order chi connectivity index (χ0) is 23.0. The van der Waals surface area contributed by atoms with E-state index in [0.29, 0.717) is 13.0 Å². The van der Waals surface area contributed by atoms with Crippen LogP contribution in [-0.2, 0) is 22.6 Å². The number of halogens is 1. The number of hydrogen-bond donors (Lipinski definition) is 2. The van der Waals surface area contributed by atoms with E-state index in [4.69, 9.17) is 4.74 Å². The summed E-state index contributed by atoms with van der Waals surface area (Å²) >= 11 is 0. The third-order valence-electron chi connectivity index (χ3n) is 6.52. The molecule has 0 aromatic heterocycles. The van der Waals surface area contributed by atoms with Crippen LogP contribution in [-0.4, -0.2) is 48.6 Å². The van der Waals surface area contributed by atoms with Crippen LogP contribution in [0.15, 0.2) is 54.6 Å². The Morgan fingerprint density at radius 1 is 1.06 bits per heavy atom. The Balaban J connectivity index is 1.30. The molecule has 2 aliphatic rings. The summed E-state index contributed by atoms with van der Waals surface area (Å²) in [5.41, 5.74) is 1.96. The van der Waals surface area contributed by atoms with Gasteiger partial charge in [-0.25, -0.2) is 9.18 Å². The summed E-state index contributed by atoms with van der Waals surface area (Å²) in [4.78, 5) is 26.9. The Bertz CT molecular complexity index is 922. The predicted octanol–water partition coefficient (Wildman–Crippen LogP) is 3.65. The van der Waals surface area contributed by atoms with Gasteiger partial charge < -0.3 is 15.4 Å². The van der Waals surface area contributed by atoms with Gasteiger partial charge in [-0.2, -0.15) is 0 Å². The second kappa shape index (κ2) is 11.3.